The lowest BCUT2D eigenvalue weighted by atomic mass is 9.78. The number of halogens is 1. The molecule has 0 radical (unpaired) electrons. The molecule has 1 aliphatic heterocycles. The lowest BCUT2D eigenvalue weighted by molar-refractivity contribution is -0.143. The van der Waals surface area contributed by atoms with Crippen LogP contribution in [0.5, 0.6) is 0 Å². The molecule has 0 bridgehead atoms. The topological polar surface area (TPSA) is 66.2 Å². The zero-order valence-corrected chi connectivity index (χ0v) is 16.0. The van der Waals surface area contributed by atoms with E-state index in [2.05, 4.69) is 16.0 Å². The number of hydrogen-bond acceptors (Lipinski definition) is 5. The van der Waals surface area contributed by atoms with Crippen LogP contribution < -0.4 is 4.90 Å². The molecule has 1 aromatic heterocycles. The fraction of sp³-hybridized carbons (Fsp3) is 0.409. The van der Waals surface area contributed by atoms with Crippen LogP contribution in [0.1, 0.15) is 43.2 Å². The minimum atomic E-state index is -0.277. The second kappa shape index (κ2) is 9.32. The van der Waals surface area contributed by atoms with E-state index < -0.39 is 0 Å². The molecular formula is C22H24FN3O2. The number of hydrogen-bond donors (Lipinski definition) is 0. The molecule has 0 unspecified atom stereocenters. The van der Waals surface area contributed by atoms with Crippen molar-refractivity contribution in [2.24, 2.45) is 5.92 Å². The first-order valence-corrected chi connectivity index (χ1v) is 9.63. The maximum atomic E-state index is 13.3. The molecule has 0 spiro atoms. The first kappa shape index (κ1) is 19.8. The molecule has 0 aliphatic carbocycles. The zero-order chi connectivity index (χ0) is 19.9. The summed E-state index contributed by atoms with van der Waals surface area (Å²) >= 11 is 0. The third-order valence-electron chi connectivity index (χ3n) is 5.30. The quantitative estimate of drug-likeness (QED) is 0.707. The Morgan fingerprint density at radius 1 is 1.29 bits per heavy atom. The van der Waals surface area contributed by atoms with Gasteiger partial charge < -0.3 is 9.64 Å². The van der Waals surface area contributed by atoms with Gasteiger partial charge in [-0.3, -0.25) is 4.79 Å². The average molecular weight is 381 g/mol. The van der Waals surface area contributed by atoms with Crippen LogP contribution in [0.4, 0.5) is 10.2 Å². The SMILES string of the molecule is CCOC(=O)C[C@H](c1ccc(F)cc1)C1CCN(c2ccc(C#N)cn2)CC1. The van der Waals surface area contributed by atoms with Gasteiger partial charge in [0.05, 0.1) is 18.6 Å². The van der Waals surface area contributed by atoms with Crippen molar-refractivity contribution < 1.29 is 13.9 Å². The van der Waals surface area contributed by atoms with Gasteiger partial charge >= 0.3 is 5.97 Å². The van der Waals surface area contributed by atoms with Crippen LogP contribution in [0.25, 0.3) is 0 Å². The Balaban J connectivity index is 1.70. The zero-order valence-electron chi connectivity index (χ0n) is 16.0. The van der Waals surface area contributed by atoms with E-state index in [1.807, 2.05) is 6.07 Å². The van der Waals surface area contributed by atoms with Crippen molar-refractivity contribution in [1.29, 1.82) is 5.26 Å². The van der Waals surface area contributed by atoms with Gasteiger partial charge in [0.1, 0.15) is 17.7 Å². The van der Waals surface area contributed by atoms with Crippen molar-refractivity contribution >= 4 is 11.8 Å². The summed E-state index contributed by atoms with van der Waals surface area (Å²) in [5.74, 6) is 0.690. The summed E-state index contributed by atoms with van der Waals surface area (Å²) in [6.07, 6.45) is 3.70. The van der Waals surface area contributed by atoms with Crippen LogP contribution in [0.15, 0.2) is 42.6 Å². The normalized spacial score (nSPS) is 15.7. The molecule has 0 amide bonds. The molecule has 2 aromatic rings. The summed E-state index contributed by atoms with van der Waals surface area (Å²) in [5.41, 5.74) is 1.52. The molecule has 1 saturated heterocycles. The van der Waals surface area contributed by atoms with Crippen LogP contribution in [0, 0.1) is 23.1 Å². The number of carbonyl (C=O) groups is 1. The molecule has 28 heavy (non-hydrogen) atoms. The van der Waals surface area contributed by atoms with Gasteiger partial charge in [-0.2, -0.15) is 5.26 Å². The number of nitriles is 1. The van der Waals surface area contributed by atoms with Crippen LogP contribution in [0.3, 0.4) is 0 Å². The van der Waals surface area contributed by atoms with E-state index in [1.165, 1.54) is 12.1 Å². The lowest BCUT2D eigenvalue weighted by Gasteiger charge is -2.36. The predicted octanol–water partition coefficient (Wildman–Crippen LogP) is 4.05. The highest BCUT2D eigenvalue weighted by molar-refractivity contribution is 5.70. The Bertz CT molecular complexity index is 822. The summed E-state index contributed by atoms with van der Waals surface area (Å²) in [5, 5.41) is 8.91. The minimum absolute atomic E-state index is 0.00993. The third-order valence-corrected chi connectivity index (χ3v) is 5.30. The van der Waals surface area contributed by atoms with Gasteiger partial charge in [0, 0.05) is 19.3 Å². The smallest absolute Gasteiger partial charge is 0.306 e. The molecule has 6 heteroatoms. The molecule has 1 atom stereocenters. The molecule has 146 valence electrons. The highest BCUT2D eigenvalue weighted by Crippen LogP contribution is 2.36. The van der Waals surface area contributed by atoms with E-state index >= 15 is 0 Å². The maximum absolute atomic E-state index is 13.3. The van der Waals surface area contributed by atoms with E-state index in [1.54, 1.807) is 31.3 Å². The fourth-order valence-corrected chi connectivity index (χ4v) is 3.84. The van der Waals surface area contributed by atoms with Crippen LogP contribution in [0.2, 0.25) is 0 Å². The summed E-state index contributed by atoms with van der Waals surface area (Å²) in [6, 6.07) is 12.2. The van der Waals surface area contributed by atoms with Gasteiger partial charge in [-0.25, -0.2) is 9.37 Å². The summed E-state index contributed by atoms with van der Waals surface area (Å²) < 4.78 is 18.5. The predicted molar refractivity (Wildman–Crippen MR) is 104 cm³/mol. The van der Waals surface area contributed by atoms with E-state index in [0.29, 0.717) is 24.5 Å². The van der Waals surface area contributed by atoms with Crippen molar-refractivity contribution in [2.75, 3.05) is 24.6 Å². The van der Waals surface area contributed by atoms with E-state index in [-0.39, 0.29) is 17.7 Å². The first-order chi connectivity index (χ1) is 13.6. The molecule has 0 N–H and O–H groups in total. The van der Waals surface area contributed by atoms with Gasteiger partial charge in [0.2, 0.25) is 0 Å². The second-order valence-electron chi connectivity index (χ2n) is 7.01. The number of aromatic nitrogens is 1. The molecule has 1 aliphatic rings. The minimum Gasteiger partial charge on any atom is -0.466 e. The van der Waals surface area contributed by atoms with Gasteiger partial charge in [0.25, 0.3) is 0 Å². The summed E-state index contributed by atoms with van der Waals surface area (Å²) in [6.45, 7) is 3.81. The third kappa shape index (κ3) is 4.86. The fourth-order valence-electron chi connectivity index (χ4n) is 3.84. The van der Waals surface area contributed by atoms with Crippen molar-refractivity contribution in [2.45, 2.75) is 32.1 Å². The number of rotatable bonds is 6. The number of anilines is 1. The Morgan fingerprint density at radius 2 is 2.00 bits per heavy atom. The molecule has 0 saturated carbocycles. The Morgan fingerprint density at radius 3 is 2.57 bits per heavy atom. The second-order valence-corrected chi connectivity index (χ2v) is 7.01. The number of esters is 1. The van der Waals surface area contributed by atoms with Gasteiger partial charge in [0.15, 0.2) is 0 Å². The van der Waals surface area contributed by atoms with Gasteiger partial charge in [-0.15, -0.1) is 0 Å². The largest absolute Gasteiger partial charge is 0.466 e. The van der Waals surface area contributed by atoms with Crippen molar-refractivity contribution in [3.63, 3.8) is 0 Å². The van der Waals surface area contributed by atoms with E-state index in [4.69, 9.17) is 10.00 Å². The molecule has 1 aromatic carbocycles. The van der Waals surface area contributed by atoms with Crippen LogP contribution >= 0.6 is 0 Å². The van der Waals surface area contributed by atoms with Crippen LogP contribution in [-0.4, -0.2) is 30.6 Å². The highest BCUT2D eigenvalue weighted by atomic mass is 19.1. The van der Waals surface area contributed by atoms with E-state index in [0.717, 1.165) is 37.3 Å². The first-order valence-electron chi connectivity index (χ1n) is 9.63. The summed E-state index contributed by atoms with van der Waals surface area (Å²) in [4.78, 5) is 18.7. The van der Waals surface area contributed by atoms with Crippen molar-refractivity contribution in [1.82, 2.24) is 4.98 Å². The van der Waals surface area contributed by atoms with E-state index in [9.17, 15) is 9.18 Å². The molecule has 1 fully saturated rings. The Hall–Kier alpha value is -2.94. The van der Waals surface area contributed by atoms with Crippen LogP contribution in [-0.2, 0) is 9.53 Å². The monoisotopic (exact) mass is 381 g/mol. The molecular weight excluding hydrogens is 357 g/mol. The van der Waals surface area contributed by atoms with Gasteiger partial charge in [-0.1, -0.05) is 12.1 Å². The summed E-state index contributed by atoms with van der Waals surface area (Å²) in [7, 11) is 0. The Kier molecular flexibility index (Phi) is 6.59. The van der Waals surface area contributed by atoms with Crippen molar-refractivity contribution in [3.8, 4) is 6.07 Å². The maximum Gasteiger partial charge on any atom is 0.306 e. The molecule has 2 heterocycles. The molecule has 5 nitrogen and oxygen atoms in total. The number of ether oxygens (including phenoxy) is 1. The number of nitrogens with zero attached hydrogens (tertiary/aromatic N) is 3. The number of pyridine rings is 1. The number of benzene rings is 1. The number of carbonyl (C=O) groups excluding carboxylic acids is 1. The van der Waals surface area contributed by atoms with Gasteiger partial charge in [-0.05, 0) is 61.4 Å². The number of piperidine rings is 1. The highest BCUT2D eigenvalue weighted by Gasteiger charge is 2.30. The Labute approximate surface area is 164 Å². The van der Waals surface area contributed by atoms with Crippen molar-refractivity contribution in [3.05, 3.63) is 59.5 Å². The average Bonchev–Trinajstić information content (AvgIpc) is 2.73. The lowest BCUT2D eigenvalue weighted by Crippen LogP contribution is -2.36. The molecule has 3 rings (SSSR count). The standard InChI is InChI=1S/C22H24FN3O2/c1-2-28-22(27)13-20(17-4-6-19(23)7-5-17)18-9-11-26(12-10-18)21-8-3-16(14-24)15-25-21/h3-8,15,18,20H,2,9-13H2,1H3/t20-/m1/s1.